The first-order valence-electron chi connectivity index (χ1n) is 5.72. The molecule has 0 saturated carbocycles. The lowest BCUT2D eigenvalue weighted by Crippen LogP contribution is -2.44. The van der Waals surface area contributed by atoms with Gasteiger partial charge in [0, 0.05) is 50.9 Å². The lowest BCUT2D eigenvalue weighted by atomic mass is 9.94. The van der Waals surface area contributed by atoms with Crippen LogP contribution in [-0.2, 0) is 9.47 Å². The van der Waals surface area contributed by atoms with Crippen molar-refractivity contribution in [2.75, 3.05) is 32.2 Å². The number of aromatic nitrogens is 1. The Balaban J connectivity index is 1.95. The molecule has 0 aromatic carbocycles. The number of nitrogens with one attached hydrogen (secondary N) is 1. The topological polar surface area (TPSA) is 43.4 Å². The highest BCUT2D eigenvalue weighted by molar-refractivity contribution is 6.30. The highest BCUT2D eigenvalue weighted by Gasteiger charge is 2.32. The number of halogens is 1. The Kier molecular flexibility index (Phi) is 4.20. The maximum absolute atomic E-state index is 5.90. The van der Waals surface area contributed by atoms with Crippen LogP contribution in [0.15, 0.2) is 18.3 Å². The summed E-state index contributed by atoms with van der Waals surface area (Å²) in [5.74, 6) is 0.778. The van der Waals surface area contributed by atoms with E-state index in [0.717, 1.165) is 38.4 Å². The largest absolute Gasteiger partial charge is 0.381 e. The van der Waals surface area contributed by atoms with Crippen molar-refractivity contribution in [3.63, 3.8) is 0 Å². The van der Waals surface area contributed by atoms with E-state index < -0.39 is 0 Å². The normalized spacial score (nSPS) is 18.9. The minimum absolute atomic E-state index is 0.151. The molecule has 1 N–H and O–H groups in total. The summed E-state index contributed by atoms with van der Waals surface area (Å²) >= 11 is 5.90. The smallest absolute Gasteiger partial charge is 0.127 e. The molecule has 94 valence electrons. The molecule has 0 atom stereocenters. The van der Waals surface area contributed by atoms with Gasteiger partial charge in [0.2, 0.25) is 0 Å². The Morgan fingerprint density at radius 3 is 2.94 bits per heavy atom. The van der Waals surface area contributed by atoms with Gasteiger partial charge in [0.1, 0.15) is 5.82 Å². The molecule has 1 fully saturated rings. The van der Waals surface area contributed by atoms with E-state index in [0.29, 0.717) is 5.02 Å². The summed E-state index contributed by atoms with van der Waals surface area (Å²) in [7, 11) is 1.75. The van der Waals surface area contributed by atoms with Crippen LogP contribution in [0.4, 0.5) is 5.82 Å². The summed E-state index contributed by atoms with van der Waals surface area (Å²) in [5, 5.41) is 3.95. The van der Waals surface area contributed by atoms with E-state index in [1.807, 2.05) is 6.07 Å². The van der Waals surface area contributed by atoms with E-state index in [9.17, 15) is 0 Å². The van der Waals surface area contributed by atoms with Gasteiger partial charge in [0.05, 0.1) is 5.60 Å². The van der Waals surface area contributed by atoms with Gasteiger partial charge in [-0.2, -0.15) is 0 Å². The van der Waals surface area contributed by atoms with E-state index in [-0.39, 0.29) is 5.60 Å². The van der Waals surface area contributed by atoms with Crippen molar-refractivity contribution in [3.05, 3.63) is 23.4 Å². The van der Waals surface area contributed by atoms with Gasteiger partial charge < -0.3 is 14.8 Å². The van der Waals surface area contributed by atoms with Gasteiger partial charge in [0.25, 0.3) is 0 Å². The molecule has 5 heteroatoms. The van der Waals surface area contributed by atoms with Crippen LogP contribution in [-0.4, -0.2) is 37.5 Å². The molecule has 0 unspecified atom stereocenters. The number of rotatable bonds is 4. The maximum atomic E-state index is 5.90. The van der Waals surface area contributed by atoms with Gasteiger partial charge in [0.15, 0.2) is 0 Å². The van der Waals surface area contributed by atoms with Crippen LogP contribution in [0.3, 0.4) is 0 Å². The number of anilines is 1. The molecule has 17 heavy (non-hydrogen) atoms. The Hall–Kier alpha value is -0.840. The van der Waals surface area contributed by atoms with Crippen LogP contribution in [0, 0.1) is 0 Å². The van der Waals surface area contributed by atoms with E-state index >= 15 is 0 Å². The first-order valence-corrected chi connectivity index (χ1v) is 6.10. The van der Waals surface area contributed by atoms with Crippen LogP contribution >= 0.6 is 11.6 Å². The Labute approximate surface area is 106 Å². The average Bonchev–Trinajstić information content (AvgIpc) is 2.38. The number of hydrogen-bond acceptors (Lipinski definition) is 4. The lowest BCUT2D eigenvalue weighted by Gasteiger charge is -2.36. The second-order valence-corrected chi connectivity index (χ2v) is 4.65. The van der Waals surface area contributed by atoms with Crippen molar-refractivity contribution in [2.24, 2.45) is 0 Å². The first-order chi connectivity index (χ1) is 8.24. The molecule has 0 spiro atoms. The highest BCUT2D eigenvalue weighted by Crippen LogP contribution is 2.25. The minimum Gasteiger partial charge on any atom is -0.381 e. The molecule has 2 rings (SSSR count). The molecule has 1 aromatic heterocycles. The van der Waals surface area contributed by atoms with E-state index in [4.69, 9.17) is 21.1 Å². The zero-order valence-corrected chi connectivity index (χ0v) is 10.7. The third-order valence-corrected chi connectivity index (χ3v) is 3.39. The van der Waals surface area contributed by atoms with Gasteiger partial charge in [-0.25, -0.2) is 4.98 Å². The van der Waals surface area contributed by atoms with Crippen LogP contribution in [0.25, 0.3) is 0 Å². The second kappa shape index (κ2) is 5.67. The minimum atomic E-state index is -0.151. The van der Waals surface area contributed by atoms with Crippen molar-refractivity contribution in [1.29, 1.82) is 0 Å². The predicted molar refractivity (Wildman–Crippen MR) is 67.5 cm³/mol. The molecular formula is C12H17ClN2O2. The monoisotopic (exact) mass is 256 g/mol. The highest BCUT2D eigenvalue weighted by atomic mass is 35.5. The predicted octanol–water partition coefficient (Wildman–Crippen LogP) is 2.34. The van der Waals surface area contributed by atoms with Gasteiger partial charge in [-0.15, -0.1) is 0 Å². The fraction of sp³-hybridized carbons (Fsp3) is 0.583. The number of methoxy groups -OCH3 is 1. The van der Waals surface area contributed by atoms with Gasteiger partial charge in [-0.3, -0.25) is 0 Å². The molecule has 1 aliphatic heterocycles. The summed E-state index contributed by atoms with van der Waals surface area (Å²) in [4.78, 5) is 4.21. The van der Waals surface area contributed by atoms with Crippen LogP contribution in [0.1, 0.15) is 12.8 Å². The lowest BCUT2D eigenvalue weighted by molar-refractivity contribution is -0.0807. The average molecular weight is 257 g/mol. The number of ether oxygens (including phenoxy) is 2. The second-order valence-electron chi connectivity index (χ2n) is 4.21. The summed E-state index contributed by atoms with van der Waals surface area (Å²) in [6, 6.07) is 3.57. The molecule has 4 nitrogen and oxygen atoms in total. The molecule has 1 aliphatic rings. The van der Waals surface area contributed by atoms with Gasteiger partial charge in [-0.05, 0) is 12.1 Å². The SMILES string of the molecule is COC1(CNc2cc(Cl)ccn2)CCOCC1. The van der Waals surface area contributed by atoms with E-state index in [1.165, 1.54) is 0 Å². The quantitative estimate of drug-likeness (QED) is 0.898. The molecule has 0 bridgehead atoms. The maximum Gasteiger partial charge on any atom is 0.127 e. The first kappa shape index (κ1) is 12.6. The van der Waals surface area contributed by atoms with Crippen LogP contribution < -0.4 is 5.32 Å². The van der Waals surface area contributed by atoms with Crippen LogP contribution in [0.5, 0.6) is 0 Å². The Morgan fingerprint density at radius 1 is 1.53 bits per heavy atom. The summed E-state index contributed by atoms with van der Waals surface area (Å²) < 4.78 is 11.0. The molecular weight excluding hydrogens is 240 g/mol. The molecule has 1 saturated heterocycles. The fourth-order valence-electron chi connectivity index (χ4n) is 1.95. The molecule has 1 aromatic rings. The zero-order chi connectivity index (χ0) is 12.1. The van der Waals surface area contributed by atoms with Crippen molar-refractivity contribution >= 4 is 17.4 Å². The number of hydrogen-bond donors (Lipinski definition) is 1. The van der Waals surface area contributed by atoms with Crippen molar-refractivity contribution in [3.8, 4) is 0 Å². The third-order valence-electron chi connectivity index (χ3n) is 3.15. The molecule has 0 aliphatic carbocycles. The third kappa shape index (κ3) is 3.31. The van der Waals surface area contributed by atoms with Crippen molar-refractivity contribution in [2.45, 2.75) is 18.4 Å². The summed E-state index contributed by atoms with van der Waals surface area (Å²) in [6.07, 6.45) is 3.49. The van der Waals surface area contributed by atoms with E-state index in [2.05, 4.69) is 10.3 Å². The molecule has 0 amide bonds. The van der Waals surface area contributed by atoms with Crippen molar-refractivity contribution in [1.82, 2.24) is 4.98 Å². The molecule has 2 heterocycles. The van der Waals surface area contributed by atoms with Crippen LogP contribution in [0.2, 0.25) is 5.02 Å². The zero-order valence-electron chi connectivity index (χ0n) is 9.91. The standard InChI is InChI=1S/C12H17ClN2O2/c1-16-12(3-6-17-7-4-12)9-15-11-8-10(13)2-5-14-11/h2,5,8H,3-4,6-7,9H2,1H3,(H,14,15). The summed E-state index contributed by atoms with van der Waals surface area (Å²) in [6.45, 7) is 2.22. The number of nitrogens with zero attached hydrogens (tertiary/aromatic N) is 1. The van der Waals surface area contributed by atoms with Gasteiger partial charge in [-0.1, -0.05) is 11.6 Å². The Morgan fingerprint density at radius 2 is 2.29 bits per heavy atom. The Bertz CT molecular complexity index is 367. The molecule has 0 radical (unpaired) electrons. The summed E-state index contributed by atoms with van der Waals surface area (Å²) in [5.41, 5.74) is -0.151. The number of pyridine rings is 1. The van der Waals surface area contributed by atoms with Gasteiger partial charge >= 0.3 is 0 Å². The van der Waals surface area contributed by atoms with Crippen molar-refractivity contribution < 1.29 is 9.47 Å². The van der Waals surface area contributed by atoms with E-state index in [1.54, 1.807) is 19.4 Å². The fourth-order valence-corrected chi connectivity index (χ4v) is 2.11.